The molecule has 0 spiro atoms. The van der Waals surface area contributed by atoms with Gasteiger partial charge in [0.15, 0.2) is 5.82 Å². The van der Waals surface area contributed by atoms with Crippen molar-refractivity contribution in [1.29, 1.82) is 0 Å². The Morgan fingerprint density at radius 2 is 1.87 bits per heavy atom. The lowest BCUT2D eigenvalue weighted by molar-refractivity contribution is 0.471. The van der Waals surface area contributed by atoms with E-state index in [-0.39, 0.29) is 0 Å². The summed E-state index contributed by atoms with van der Waals surface area (Å²) >= 11 is 6.12. The molecular weight excluding hydrogens is 310 g/mol. The fourth-order valence-electron chi connectivity index (χ4n) is 3.42. The molecule has 0 unspecified atom stereocenters. The topological polar surface area (TPSA) is 55.1 Å². The largest absolute Gasteiger partial charge is 0.364 e. The van der Waals surface area contributed by atoms with Crippen molar-refractivity contribution in [3.8, 4) is 0 Å². The maximum Gasteiger partial charge on any atom is 0.203 e. The third-order valence-corrected chi connectivity index (χ3v) is 4.87. The van der Waals surface area contributed by atoms with Crippen molar-refractivity contribution in [3.05, 3.63) is 29.5 Å². The maximum absolute atomic E-state index is 6.12. The highest BCUT2D eigenvalue weighted by atomic mass is 35.5. The zero-order valence-corrected chi connectivity index (χ0v) is 13.8. The number of benzene rings is 1. The Kier molecular flexibility index (Phi) is 4.04. The number of aromatic nitrogens is 4. The lowest BCUT2D eigenvalue weighted by atomic mass is 9.97. The first-order valence-electron chi connectivity index (χ1n) is 8.37. The Morgan fingerprint density at radius 1 is 1.09 bits per heavy atom. The summed E-state index contributed by atoms with van der Waals surface area (Å²) < 4.78 is 1.96. The highest BCUT2D eigenvalue weighted by Gasteiger charge is 2.16. The fourth-order valence-corrected chi connectivity index (χ4v) is 3.58. The molecule has 3 aromatic rings. The van der Waals surface area contributed by atoms with E-state index < -0.39 is 0 Å². The van der Waals surface area contributed by atoms with Crippen molar-refractivity contribution < 1.29 is 0 Å². The second-order valence-electron chi connectivity index (χ2n) is 6.30. The monoisotopic (exact) mass is 329 g/mol. The molecule has 2 heterocycles. The van der Waals surface area contributed by atoms with Gasteiger partial charge in [0, 0.05) is 11.1 Å². The van der Waals surface area contributed by atoms with Crippen molar-refractivity contribution in [2.24, 2.45) is 0 Å². The van der Waals surface area contributed by atoms with Crippen LogP contribution in [0.2, 0.25) is 5.02 Å². The van der Waals surface area contributed by atoms with Gasteiger partial charge in [0.1, 0.15) is 6.33 Å². The Bertz CT molecular complexity index is 820. The van der Waals surface area contributed by atoms with E-state index in [1.807, 2.05) is 22.6 Å². The van der Waals surface area contributed by atoms with Gasteiger partial charge in [0.2, 0.25) is 5.65 Å². The predicted molar refractivity (Wildman–Crippen MR) is 93.0 cm³/mol. The molecule has 4 rings (SSSR count). The smallest absolute Gasteiger partial charge is 0.203 e. The Balaban J connectivity index is 1.73. The molecule has 1 aromatic carbocycles. The van der Waals surface area contributed by atoms with E-state index in [1.165, 1.54) is 44.9 Å². The molecule has 120 valence electrons. The van der Waals surface area contributed by atoms with Crippen LogP contribution < -0.4 is 5.32 Å². The van der Waals surface area contributed by atoms with Gasteiger partial charge in [-0.2, -0.15) is 0 Å². The third-order valence-electron chi connectivity index (χ3n) is 4.63. The summed E-state index contributed by atoms with van der Waals surface area (Å²) in [6.07, 6.45) is 10.7. The van der Waals surface area contributed by atoms with Crippen LogP contribution in [0.1, 0.15) is 44.9 Å². The molecule has 1 aliphatic rings. The molecule has 0 radical (unpaired) electrons. The Morgan fingerprint density at radius 3 is 2.70 bits per heavy atom. The third kappa shape index (κ3) is 2.98. The second-order valence-corrected chi connectivity index (χ2v) is 6.74. The van der Waals surface area contributed by atoms with Crippen LogP contribution in [0.25, 0.3) is 16.7 Å². The average molecular weight is 330 g/mol. The maximum atomic E-state index is 6.12. The number of nitrogens with zero attached hydrogens (tertiary/aromatic N) is 4. The highest BCUT2D eigenvalue weighted by molar-refractivity contribution is 6.31. The number of hydrogen-bond acceptors (Lipinski definition) is 4. The van der Waals surface area contributed by atoms with Crippen molar-refractivity contribution in [3.63, 3.8) is 0 Å². The molecule has 2 aromatic heterocycles. The van der Waals surface area contributed by atoms with Gasteiger partial charge >= 0.3 is 0 Å². The first kappa shape index (κ1) is 14.7. The van der Waals surface area contributed by atoms with Crippen LogP contribution >= 0.6 is 11.6 Å². The van der Waals surface area contributed by atoms with Gasteiger partial charge in [0.05, 0.1) is 11.0 Å². The fraction of sp³-hybridized carbons (Fsp3) is 0.471. The number of hydrogen-bond donors (Lipinski definition) is 1. The second kappa shape index (κ2) is 6.32. The van der Waals surface area contributed by atoms with E-state index in [0.717, 1.165) is 22.5 Å². The minimum absolute atomic E-state index is 0.466. The van der Waals surface area contributed by atoms with Gasteiger partial charge in [-0.05, 0) is 31.0 Å². The molecule has 0 amide bonds. The summed E-state index contributed by atoms with van der Waals surface area (Å²) in [6.45, 7) is 0. The van der Waals surface area contributed by atoms with Crippen LogP contribution in [0, 0.1) is 0 Å². The molecule has 0 bridgehead atoms. The average Bonchev–Trinajstić information content (AvgIpc) is 3.00. The van der Waals surface area contributed by atoms with Crippen LogP contribution in [0.5, 0.6) is 0 Å². The van der Waals surface area contributed by atoms with E-state index >= 15 is 0 Å². The van der Waals surface area contributed by atoms with Gasteiger partial charge in [0.25, 0.3) is 0 Å². The molecule has 0 saturated heterocycles. The first-order chi connectivity index (χ1) is 11.3. The molecule has 0 atom stereocenters. The first-order valence-corrected chi connectivity index (χ1v) is 8.74. The number of fused-ring (bicyclic) bond motifs is 3. The molecule has 1 saturated carbocycles. The molecule has 0 aliphatic heterocycles. The van der Waals surface area contributed by atoms with Crippen LogP contribution in [0.15, 0.2) is 24.5 Å². The van der Waals surface area contributed by atoms with Crippen LogP contribution in [-0.2, 0) is 0 Å². The van der Waals surface area contributed by atoms with Crippen molar-refractivity contribution in [2.75, 3.05) is 5.32 Å². The zero-order chi connectivity index (χ0) is 15.6. The molecule has 1 N–H and O–H groups in total. The van der Waals surface area contributed by atoms with E-state index in [4.69, 9.17) is 16.6 Å². The molecule has 6 heteroatoms. The van der Waals surface area contributed by atoms with E-state index in [0.29, 0.717) is 11.1 Å². The molecule has 1 fully saturated rings. The molecule has 1 aliphatic carbocycles. The van der Waals surface area contributed by atoms with E-state index in [9.17, 15) is 0 Å². The summed E-state index contributed by atoms with van der Waals surface area (Å²) in [6, 6.07) is 6.18. The quantitative estimate of drug-likeness (QED) is 0.754. The predicted octanol–water partition coefficient (Wildman–Crippen LogP) is 4.46. The van der Waals surface area contributed by atoms with Gasteiger partial charge in [-0.3, -0.25) is 4.40 Å². The lowest BCUT2D eigenvalue weighted by Crippen LogP contribution is -2.21. The van der Waals surface area contributed by atoms with Crippen LogP contribution in [0.3, 0.4) is 0 Å². The minimum atomic E-state index is 0.466. The van der Waals surface area contributed by atoms with Crippen LogP contribution in [0.4, 0.5) is 5.82 Å². The van der Waals surface area contributed by atoms with Gasteiger partial charge in [-0.1, -0.05) is 43.7 Å². The SMILES string of the molecule is Clc1ccc2nc(NC3CCCCCCC3)c3nncn3c2c1. The van der Waals surface area contributed by atoms with E-state index in [2.05, 4.69) is 15.5 Å². The van der Waals surface area contributed by atoms with Crippen LogP contribution in [-0.4, -0.2) is 25.6 Å². The molecule has 5 nitrogen and oxygen atoms in total. The van der Waals surface area contributed by atoms with Crippen molar-refractivity contribution >= 4 is 34.1 Å². The van der Waals surface area contributed by atoms with Crippen molar-refractivity contribution in [1.82, 2.24) is 19.6 Å². The molecular formula is C17H20ClN5. The van der Waals surface area contributed by atoms with Crippen molar-refractivity contribution in [2.45, 2.75) is 51.0 Å². The lowest BCUT2D eigenvalue weighted by Gasteiger charge is -2.22. The summed E-state index contributed by atoms with van der Waals surface area (Å²) in [4.78, 5) is 4.77. The summed E-state index contributed by atoms with van der Waals surface area (Å²) in [5.41, 5.74) is 2.59. The van der Waals surface area contributed by atoms with Gasteiger partial charge < -0.3 is 5.32 Å². The number of anilines is 1. The van der Waals surface area contributed by atoms with E-state index in [1.54, 1.807) is 6.33 Å². The highest BCUT2D eigenvalue weighted by Crippen LogP contribution is 2.25. The molecule has 23 heavy (non-hydrogen) atoms. The number of nitrogens with one attached hydrogen (secondary N) is 1. The van der Waals surface area contributed by atoms with Gasteiger partial charge in [-0.25, -0.2) is 4.98 Å². The summed E-state index contributed by atoms with van der Waals surface area (Å²) in [7, 11) is 0. The number of halogens is 1. The summed E-state index contributed by atoms with van der Waals surface area (Å²) in [5.74, 6) is 0.822. The van der Waals surface area contributed by atoms with Gasteiger partial charge in [-0.15, -0.1) is 10.2 Å². The zero-order valence-electron chi connectivity index (χ0n) is 13.0. The summed E-state index contributed by atoms with van der Waals surface area (Å²) in [5, 5.41) is 12.6. The standard InChI is InChI=1S/C17H20ClN5/c18-12-8-9-14-15(10-12)23-11-19-22-17(23)16(21-14)20-13-6-4-2-1-3-5-7-13/h8-11,13H,1-7H2,(H,20,21). The normalized spacial score (nSPS) is 17.3. The Labute approximate surface area is 140 Å². The number of rotatable bonds is 2. The minimum Gasteiger partial charge on any atom is -0.364 e. The Hall–Kier alpha value is -1.88.